The molecule has 13 heteroatoms. The number of amides is 4. The molecule has 0 aromatic heterocycles. The van der Waals surface area contributed by atoms with Crippen molar-refractivity contribution >= 4 is 29.6 Å². The molecule has 0 aliphatic rings. The van der Waals surface area contributed by atoms with Gasteiger partial charge in [0.2, 0.25) is 23.6 Å². The van der Waals surface area contributed by atoms with E-state index in [0.29, 0.717) is 19.4 Å². The molecule has 0 aromatic carbocycles. The average molecular weight is 447 g/mol. The molecule has 178 valence electrons. The van der Waals surface area contributed by atoms with Gasteiger partial charge in [-0.25, -0.2) is 4.79 Å². The van der Waals surface area contributed by atoms with Gasteiger partial charge in [-0.05, 0) is 31.7 Å². The van der Waals surface area contributed by atoms with Crippen LogP contribution in [0.25, 0.3) is 0 Å². The predicted octanol–water partition coefficient (Wildman–Crippen LogP) is -3.49. The van der Waals surface area contributed by atoms with Gasteiger partial charge in [-0.15, -0.1) is 0 Å². The number of nitrogens with two attached hydrogens (primary N) is 3. The van der Waals surface area contributed by atoms with Crippen LogP contribution in [0, 0.1) is 5.92 Å². The first-order valence-electron chi connectivity index (χ1n) is 9.93. The van der Waals surface area contributed by atoms with Crippen molar-refractivity contribution in [3.8, 4) is 0 Å². The molecule has 13 nitrogen and oxygen atoms in total. The van der Waals surface area contributed by atoms with E-state index in [1.165, 1.54) is 0 Å². The third-order valence-electron chi connectivity index (χ3n) is 4.38. The molecule has 0 aliphatic carbocycles. The minimum atomic E-state index is -1.55. The Balaban J connectivity index is 5.42. The molecule has 4 amide bonds. The van der Waals surface area contributed by atoms with Crippen LogP contribution in [0.5, 0.6) is 0 Å². The standard InChI is InChI=1S/C18H34N6O7/c1-9(2)14(24-15(27)10(20)8-25)17(29)22-11(5-3-4-6-19)16(28)23-12(18(30)31)7-13(21)26/h9-12,14,25H,3-8,19-20H2,1-2H3,(H2,21,26)(H,22,29)(H,23,28)(H,24,27)(H,30,31). The first-order chi connectivity index (χ1) is 14.4. The lowest BCUT2D eigenvalue weighted by atomic mass is 10.0. The zero-order chi connectivity index (χ0) is 24.1. The van der Waals surface area contributed by atoms with Gasteiger partial charge in [0.15, 0.2) is 0 Å². The fourth-order valence-corrected chi connectivity index (χ4v) is 2.57. The number of aliphatic hydroxyl groups is 1. The Morgan fingerprint density at radius 1 is 0.903 bits per heavy atom. The van der Waals surface area contributed by atoms with Gasteiger partial charge in [-0.3, -0.25) is 19.2 Å². The lowest BCUT2D eigenvalue weighted by Crippen LogP contribution is -2.58. The summed E-state index contributed by atoms with van der Waals surface area (Å²) in [6.45, 7) is 3.06. The molecule has 0 radical (unpaired) electrons. The molecule has 4 atom stereocenters. The highest BCUT2D eigenvalue weighted by Gasteiger charge is 2.31. The highest BCUT2D eigenvalue weighted by atomic mass is 16.4. The summed E-state index contributed by atoms with van der Waals surface area (Å²) in [7, 11) is 0. The van der Waals surface area contributed by atoms with Gasteiger partial charge in [0.1, 0.15) is 24.2 Å². The highest BCUT2D eigenvalue weighted by molar-refractivity contribution is 5.95. The molecular weight excluding hydrogens is 412 g/mol. The number of hydrogen-bond acceptors (Lipinski definition) is 8. The molecule has 0 aliphatic heterocycles. The Morgan fingerprint density at radius 3 is 1.94 bits per heavy atom. The molecule has 0 bridgehead atoms. The Hall–Kier alpha value is -2.77. The van der Waals surface area contributed by atoms with Crippen molar-refractivity contribution in [1.82, 2.24) is 16.0 Å². The largest absolute Gasteiger partial charge is 0.480 e. The number of hydrogen-bond donors (Lipinski definition) is 8. The molecule has 0 aromatic rings. The maximum atomic E-state index is 12.8. The van der Waals surface area contributed by atoms with Crippen LogP contribution < -0.4 is 33.2 Å². The lowest BCUT2D eigenvalue weighted by Gasteiger charge is -2.26. The molecule has 0 fully saturated rings. The molecule has 31 heavy (non-hydrogen) atoms. The van der Waals surface area contributed by atoms with E-state index in [1.807, 2.05) is 0 Å². The number of rotatable bonds is 15. The topological polar surface area (TPSA) is 240 Å². The van der Waals surface area contributed by atoms with Gasteiger partial charge < -0.3 is 43.4 Å². The van der Waals surface area contributed by atoms with E-state index in [2.05, 4.69) is 16.0 Å². The number of carboxylic acids is 1. The van der Waals surface area contributed by atoms with E-state index < -0.39 is 66.8 Å². The fourth-order valence-electron chi connectivity index (χ4n) is 2.57. The number of carboxylic acid groups (broad SMARTS) is 1. The van der Waals surface area contributed by atoms with E-state index in [4.69, 9.17) is 22.3 Å². The summed E-state index contributed by atoms with van der Waals surface area (Å²) < 4.78 is 0. The second-order valence-corrected chi connectivity index (χ2v) is 7.43. The van der Waals surface area contributed by atoms with Crippen LogP contribution in [0.1, 0.15) is 39.5 Å². The number of primary amides is 1. The molecular formula is C18H34N6O7. The molecule has 0 saturated heterocycles. The third-order valence-corrected chi connectivity index (χ3v) is 4.38. The van der Waals surface area contributed by atoms with E-state index in [1.54, 1.807) is 13.8 Å². The summed E-state index contributed by atoms with van der Waals surface area (Å²) in [5.74, 6) is -5.01. The summed E-state index contributed by atoms with van der Waals surface area (Å²) in [5, 5.41) is 25.3. The van der Waals surface area contributed by atoms with E-state index in [-0.39, 0.29) is 12.3 Å². The van der Waals surface area contributed by atoms with Gasteiger partial charge in [0, 0.05) is 0 Å². The zero-order valence-corrected chi connectivity index (χ0v) is 17.8. The summed E-state index contributed by atoms with van der Waals surface area (Å²) in [5.41, 5.74) is 15.9. The maximum absolute atomic E-state index is 12.8. The Kier molecular flexibility index (Phi) is 13.0. The van der Waals surface area contributed by atoms with Gasteiger partial charge in [-0.2, -0.15) is 0 Å². The smallest absolute Gasteiger partial charge is 0.326 e. The highest BCUT2D eigenvalue weighted by Crippen LogP contribution is 2.07. The van der Waals surface area contributed by atoms with Crippen LogP contribution in [0.15, 0.2) is 0 Å². The van der Waals surface area contributed by atoms with Crippen molar-refractivity contribution in [3.05, 3.63) is 0 Å². The van der Waals surface area contributed by atoms with Gasteiger partial charge in [-0.1, -0.05) is 13.8 Å². The van der Waals surface area contributed by atoms with Crippen molar-refractivity contribution in [2.24, 2.45) is 23.1 Å². The summed E-state index contributed by atoms with van der Waals surface area (Å²) in [6.07, 6.45) is 0.538. The van der Waals surface area contributed by atoms with Crippen molar-refractivity contribution in [2.75, 3.05) is 13.2 Å². The van der Waals surface area contributed by atoms with Crippen LogP contribution >= 0.6 is 0 Å². The zero-order valence-electron chi connectivity index (χ0n) is 17.8. The molecule has 0 spiro atoms. The van der Waals surface area contributed by atoms with Crippen molar-refractivity contribution in [1.29, 1.82) is 0 Å². The first-order valence-corrected chi connectivity index (χ1v) is 9.93. The van der Waals surface area contributed by atoms with E-state index in [9.17, 15) is 29.1 Å². The van der Waals surface area contributed by atoms with Crippen LogP contribution in [-0.4, -0.2) is 77.1 Å². The van der Waals surface area contributed by atoms with Crippen LogP contribution in [-0.2, 0) is 24.0 Å². The number of aliphatic carboxylic acids is 1. The summed E-state index contributed by atoms with van der Waals surface area (Å²) in [6, 6.07) is -4.97. The summed E-state index contributed by atoms with van der Waals surface area (Å²) in [4.78, 5) is 59.7. The summed E-state index contributed by atoms with van der Waals surface area (Å²) >= 11 is 0. The SMILES string of the molecule is CC(C)C(NC(=O)C(N)CO)C(=O)NC(CCCCN)C(=O)NC(CC(N)=O)C(=O)O. The predicted molar refractivity (Wildman–Crippen MR) is 110 cm³/mol. The third kappa shape index (κ3) is 10.7. The first kappa shape index (κ1) is 28.2. The van der Waals surface area contributed by atoms with Gasteiger partial charge in [0.05, 0.1) is 13.0 Å². The van der Waals surface area contributed by atoms with Gasteiger partial charge in [0.25, 0.3) is 0 Å². The van der Waals surface area contributed by atoms with Crippen LogP contribution in [0.3, 0.4) is 0 Å². The second kappa shape index (κ2) is 14.3. The quantitative estimate of drug-likeness (QED) is 0.116. The Bertz CT molecular complexity index is 643. The Labute approximate surface area is 180 Å². The second-order valence-electron chi connectivity index (χ2n) is 7.43. The lowest BCUT2D eigenvalue weighted by molar-refractivity contribution is -0.143. The Morgan fingerprint density at radius 2 is 1.48 bits per heavy atom. The number of carbonyl (C=O) groups is 5. The average Bonchev–Trinajstić information content (AvgIpc) is 2.68. The molecule has 11 N–H and O–H groups in total. The number of unbranched alkanes of at least 4 members (excludes halogenated alkanes) is 1. The molecule has 0 heterocycles. The number of nitrogens with one attached hydrogen (secondary N) is 3. The fraction of sp³-hybridized carbons (Fsp3) is 0.722. The van der Waals surface area contributed by atoms with Gasteiger partial charge >= 0.3 is 5.97 Å². The van der Waals surface area contributed by atoms with Crippen LogP contribution in [0.2, 0.25) is 0 Å². The van der Waals surface area contributed by atoms with E-state index >= 15 is 0 Å². The van der Waals surface area contributed by atoms with E-state index in [0.717, 1.165) is 0 Å². The monoisotopic (exact) mass is 446 g/mol. The molecule has 0 saturated carbocycles. The molecule has 4 unspecified atom stereocenters. The van der Waals surface area contributed by atoms with Crippen molar-refractivity contribution in [3.63, 3.8) is 0 Å². The molecule has 0 rings (SSSR count). The van der Waals surface area contributed by atoms with Crippen molar-refractivity contribution in [2.45, 2.75) is 63.7 Å². The maximum Gasteiger partial charge on any atom is 0.326 e. The number of carbonyl (C=O) groups excluding carboxylic acids is 4. The van der Waals surface area contributed by atoms with Crippen LogP contribution in [0.4, 0.5) is 0 Å². The normalized spacial score (nSPS) is 14.8. The number of aliphatic hydroxyl groups excluding tert-OH is 1. The minimum absolute atomic E-state index is 0.145. The minimum Gasteiger partial charge on any atom is -0.480 e. The van der Waals surface area contributed by atoms with Crippen molar-refractivity contribution < 1.29 is 34.2 Å².